The number of hydrogen-bond acceptors (Lipinski definition) is 5. The van der Waals surface area contributed by atoms with E-state index in [1.807, 2.05) is 43.6 Å². The highest BCUT2D eigenvalue weighted by Crippen LogP contribution is 2.34. The molecule has 2 heterocycles. The molecule has 7 heteroatoms. The molecule has 0 radical (unpaired) electrons. The van der Waals surface area contributed by atoms with Crippen LogP contribution in [0.25, 0.3) is 22.4 Å². The molecule has 0 bridgehead atoms. The summed E-state index contributed by atoms with van der Waals surface area (Å²) in [6, 6.07) is 19.9. The summed E-state index contributed by atoms with van der Waals surface area (Å²) in [5.74, 6) is 0.670. The molecule has 30 heavy (non-hydrogen) atoms. The minimum atomic E-state index is -0.569. The Labute approximate surface area is 173 Å². The zero-order chi connectivity index (χ0) is 21.1. The number of nitriles is 1. The number of carbonyl (C=O) groups excluding carboxylic acids is 1. The van der Waals surface area contributed by atoms with Crippen LogP contribution in [0.15, 0.2) is 73.1 Å². The molecule has 0 aliphatic carbocycles. The summed E-state index contributed by atoms with van der Waals surface area (Å²) < 4.78 is 7.78. The predicted octanol–water partition coefficient (Wildman–Crippen LogP) is 3.91. The van der Waals surface area contributed by atoms with E-state index < -0.39 is 5.91 Å². The van der Waals surface area contributed by atoms with E-state index in [4.69, 9.17) is 10.5 Å². The second-order valence-electron chi connectivity index (χ2n) is 6.62. The van der Waals surface area contributed by atoms with Crippen LogP contribution in [0.1, 0.15) is 16.1 Å². The van der Waals surface area contributed by atoms with Crippen LogP contribution in [0, 0.1) is 11.3 Å². The van der Waals surface area contributed by atoms with E-state index in [9.17, 15) is 10.1 Å². The molecule has 0 aliphatic heterocycles. The van der Waals surface area contributed by atoms with E-state index >= 15 is 0 Å². The van der Waals surface area contributed by atoms with Crippen LogP contribution in [0.3, 0.4) is 0 Å². The monoisotopic (exact) mass is 395 g/mol. The Morgan fingerprint density at radius 3 is 2.57 bits per heavy atom. The van der Waals surface area contributed by atoms with Crippen molar-refractivity contribution in [2.75, 3.05) is 0 Å². The molecular formula is C23H17N5O2. The number of pyridine rings is 1. The van der Waals surface area contributed by atoms with E-state index in [0.717, 1.165) is 16.7 Å². The smallest absolute Gasteiger partial charge is 0.267 e. The average Bonchev–Trinajstić information content (AvgIpc) is 3.20. The summed E-state index contributed by atoms with van der Waals surface area (Å²) in [7, 11) is 1.83. The van der Waals surface area contributed by atoms with Gasteiger partial charge in [-0.25, -0.2) is 4.98 Å². The van der Waals surface area contributed by atoms with Crippen molar-refractivity contribution in [3.8, 4) is 40.0 Å². The molecule has 0 saturated heterocycles. The van der Waals surface area contributed by atoms with Gasteiger partial charge in [0.15, 0.2) is 0 Å². The molecule has 7 nitrogen and oxygen atoms in total. The maximum absolute atomic E-state index is 11.4. The minimum absolute atomic E-state index is 0.214. The first-order chi connectivity index (χ1) is 14.5. The lowest BCUT2D eigenvalue weighted by molar-refractivity contribution is 0.0995. The predicted molar refractivity (Wildman–Crippen MR) is 112 cm³/mol. The summed E-state index contributed by atoms with van der Waals surface area (Å²) in [5, 5.41) is 13.4. The summed E-state index contributed by atoms with van der Waals surface area (Å²) in [6.45, 7) is 0. The van der Waals surface area contributed by atoms with Gasteiger partial charge in [-0.05, 0) is 54.6 Å². The number of nitrogens with zero attached hydrogens (tertiary/aromatic N) is 4. The number of hydrogen-bond donors (Lipinski definition) is 1. The number of aromatic nitrogens is 3. The van der Waals surface area contributed by atoms with E-state index in [1.165, 1.54) is 0 Å². The van der Waals surface area contributed by atoms with E-state index in [1.54, 1.807) is 41.2 Å². The second kappa shape index (κ2) is 7.89. The molecule has 1 amide bonds. The zero-order valence-electron chi connectivity index (χ0n) is 16.1. The highest BCUT2D eigenvalue weighted by atomic mass is 16.5. The van der Waals surface area contributed by atoms with Crippen molar-refractivity contribution in [3.63, 3.8) is 0 Å². The first-order valence-corrected chi connectivity index (χ1v) is 9.12. The number of amides is 1. The van der Waals surface area contributed by atoms with Gasteiger partial charge in [-0.2, -0.15) is 10.4 Å². The lowest BCUT2D eigenvalue weighted by atomic mass is 10.1. The Morgan fingerprint density at radius 1 is 1.10 bits per heavy atom. The molecule has 4 rings (SSSR count). The van der Waals surface area contributed by atoms with Gasteiger partial charge in [-0.15, -0.1) is 0 Å². The third-order valence-electron chi connectivity index (χ3n) is 4.50. The molecule has 0 saturated carbocycles. The molecule has 2 aromatic carbocycles. The number of nitrogens with two attached hydrogens (primary N) is 1. The van der Waals surface area contributed by atoms with Crippen LogP contribution in [0.5, 0.6) is 11.5 Å². The SMILES string of the molecule is Cn1cc(-c2cc(C#N)ccc2Oc2ccc(-c3cccc(C(N)=O)n3)cc2)cn1. The molecule has 2 aromatic heterocycles. The molecular weight excluding hydrogens is 378 g/mol. The minimum Gasteiger partial charge on any atom is -0.457 e. The first kappa shape index (κ1) is 18.9. The summed E-state index contributed by atoms with van der Waals surface area (Å²) in [4.78, 5) is 15.6. The maximum atomic E-state index is 11.4. The number of carbonyl (C=O) groups is 1. The largest absolute Gasteiger partial charge is 0.457 e. The van der Waals surface area contributed by atoms with Gasteiger partial charge in [0.05, 0.1) is 23.5 Å². The molecule has 0 spiro atoms. The van der Waals surface area contributed by atoms with Gasteiger partial charge in [0.25, 0.3) is 5.91 Å². The zero-order valence-corrected chi connectivity index (χ0v) is 16.1. The summed E-state index contributed by atoms with van der Waals surface area (Å²) in [6.07, 6.45) is 3.59. The lowest BCUT2D eigenvalue weighted by Gasteiger charge is -2.11. The lowest BCUT2D eigenvalue weighted by Crippen LogP contribution is -2.12. The van der Waals surface area contributed by atoms with Gasteiger partial charge >= 0.3 is 0 Å². The standard InChI is InChI=1S/C23H17N5O2/c1-28-14-17(13-26-28)19-11-15(12-24)5-10-22(19)30-18-8-6-16(7-9-18)20-3-2-4-21(27-20)23(25)29/h2-11,13-14H,1H3,(H2,25,29). The Balaban J connectivity index is 1.63. The van der Waals surface area contributed by atoms with Crippen LogP contribution in [0.4, 0.5) is 0 Å². The Bertz CT molecular complexity index is 1270. The topological polar surface area (TPSA) is 107 Å². The van der Waals surface area contributed by atoms with Crippen molar-refractivity contribution in [1.82, 2.24) is 14.8 Å². The number of rotatable bonds is 5. The molecule has 0 fully saturated rings. The highest BCUT2D eigenvalue weighted by molar-refractivity contribution is 5.91. The van der Waals surface area contributed by atoms with E-state index in [0.29, 0.717) is 22.8 Å². The quantitative estimate of drug-likeness (QED) is 0.551. The van der Waals surface area contributed by atoms with Crippen molar-refractivity contribution in [1.29, 1.82) is 5.26 Å². The Kier molecular flexibility index (Phi) is 4.97. The fraction of sp³-hybridized carbons (Fsp3) is 0.0435. The first-order valence-electron chi connectivity index (χ1n) is 9.12. The second-order valence-corrected chi connectivity index (χ2v) is 6.62. The van der Waals surface area contributed by atoms with E-state index in [-0.39, 0.29) is 5.69 Å². The van der Waals surface area contributed by atoms with Crippen molar-refractivity contribution >= 4 is 5.91 Å². The summed E-state index contributed by atoms with van der Waals surface area (Å²) >= 11 is 0. The van der Waals surface area contributed by atoms with Gasteiger partial charge in [-0.3, -0.25) is 9.48 Å². The van der Waals surface area contributed by atoms with Crippen molar-refractivity contribution in [3.05, 3.63) is 84.3 Å². The molecule has 4 aromatic rings. The van der Waals surface area contributed by atoms with Crippen molar-refractivity contribution < 1.29 is 9.53 Å². The molecule has 2 N–H and O–H groups in total. The van der Waals surface area contributed by atoms with Crippen LogP contribution in [0.2, 0.25) is 0 Å². The highest BCUT2D eigenvalue weighted by Gasteiger charge is 2.11. The molecule has 0 unspecified atom stereocenters. The van der Waals surface area contributed by atoms with Crippen molar-refractivity contribution in [2.24, 2.45) is 12.8 Å². The third kappa shape index (κ3) is 3.88. The number of aryl methyl sites for hydroxylation is 1. The van der Waals surface area contributed by atoms with Gasteiger partial charge in [0, 0.05) is 29.9 Å². The maximum Gasteiger partial charge on any atom is 0.267 e. The number of benzene rings is 2. The van der Waals surface area contributed by atoms with Crippen molar-refractivity contribution in [2.45, 2.75) is 0 Å². The normalized spacial score (nSPS) is 10.4. The van der Waals surface area contributed by atoms with Crippen LogP contribution in [-0.4, -0.2) is 20.7 Å². The van der Waals surface area contributed by atoms with Crippen LogP contribution < -0.4 is 10.5 Å². The van der Waals surface area contributed by atoms with Gasteiger partial charge in [-0.1, -0.05) is 6.07 Å². The molecule has 146 valence electrons. The fourth-order valence-corrected chi connectivity index (χ4v) is 3.03. The van der Waals surface area contributed by atoms with Crippen LogP contribution in [-0.2, 0) is 7.05 Å². The number of ether oxygens (including phenoxy) is 1. The average molecular weight is 395 g/mol. The molecule has 0 atom stereocenters. The van der Waals surface area contributed by atoms with E-state index in [2.05, 4.69) is 16.2 Å². The Hall–Kier alpha value is -4.44. The van der Waals surface area contributed by atoms with Crippen LogP contribution >= 0.6 is 0 Å². The van der Waals surface area contributed by atoms with Gasteiger partial charge in [0.1, 0.15) is 17.2 Å². The number of primary amides is 1. The van der Waals surface area contributed by atoms with Gasteiger partial charge < -0.3 is 10.5 Å². The van der Waals surface area contributed by atoms with Gasteiger partial charge in [0.2, 0.25) is 0 Å². The molecule has 0 aliphatic rings. The Morgan fingerprint density at radius 2 is 1.90 bits per heavy atom. The summed E-state index contributed by atoms with van der Waals surface area (Å²) in [5.41, 5.74) is 9.17. The third-order valence-corrected chi connectivity index (χ3v) is 4.50. The fourth-order valence-electron chi connectivity index (χ4n) is 3.03.